The van der Waals surface area contributed by atoms with Gasteiger partial charge in [0.05, 0.1) is 18.5 Å². The zero-order chi connectivity index (χ0) is 17.4. The maximum atomic E-state index is 12.8. The first kappa shape index (κ1) is 16.1. The van der Waals surface area contributed by atoms with Gasteiger partial charge >= 0.3 is 0 Å². The van der Waals surface area contributed by atoms with Crippen LogP contribution in [0.1, 0.15) is 29.0 Å². The molecule has 1 saturated heterocycles. The minimum Gasteiger partial charge on any atom is -0.497 e. The Kier molecular flexibility index (Phi) is 4.17. The average Bonchev–Trinajstić information content (AvgIpc) is 3.44. The number of carbonyl (C=O) groups excluding carboxylic acids is 1. The van der Waals surface area contributed by atoms with E-state index in [1.54, 1.807) is 11.8 Å². The molecule has 132 valence electrons. The molecule has 1 aliphatic carbocycles. The van der Waals surface area contributed by atoms with Crippen LogP contribution in [-0.4, -0.2) is 70.0 Å². The Bertz CT molecular complexity index is 758. The van der Waals surface area contributed by atoms with Crippen LogP contribution < -0.4 is 4.74 Å². The minimum atomic E-state index is -0.0206. The number of nitrogens with zero attached hydrogens (tertiary/aromatic N) is 5. The Labute approximate surface area is 147 Å². The van der Waals surface area contributed by atoms with Crippen LogP contribution in [0.2, 0.25) is 0 Å². The Hall–Kier alpha value is -2.41. The third-order valence-corrected chi connectivity index (χ3v) is 5.08. The van der Waals surface area contributed by atoms with Gasteiger partial charge in [0.2, 0.25) is 0 Å². The lowest BCUT2D eigenvalue weighted by molar-refractivity contribution is 0.0620. The lowest BCUT2D eigenvalue weighted by Gasteiger charge is -2.34. The van der Waals surface area contributed by atoms with Crippen molar-refractivity contribution >= 4 is 5.91 Å². The standard InChI is InChI=1S/C18H23N5O2/c1-13-17(18(24)22-11-9-21(10-12-22)14-3-4-14)19-20-23(13)15-5-7-16(25-2)8-6-15/h5-8,14H,3-4,9-12H2,1-2H3. The van der Waals surface area contributed by atoms with E-state index in [0.717, 1.165) is 49.4 Å². The van der Waals surface area contributed by atoms with Gasteiger partial charge in [0.15, 0.2) is 5.69 Å². The second-order valence-electron chi connectivity index (χ2n) is 6.69. The van der Waals surface area contributed by atoms with Gasteiger partial charge in [0, 0.05) is 32.2 Å². The summed E-state index contributed by atoms with van der Waals surface area (Å²) in [7, 11) is 1.63. The monoisotopic (exact) mass is 341 g/mol. The number of aromatic nitrogens is 3. The van der Waals surface area contributed by atoms with E-state index in [1.165, 1.54) is 12.8 Å². The third kappa shape index (κ3) is 3.11. The predicted molar refractivity (Wildman–Crippen MR) is 93.1 cm³/mol. The van der Waals surface area contributed by atoms with Crippen molar-refractivity contribution in [1.29, 1.82) is 0 Å². The molecule has 0 radical (unpaired) electrons. The predicted octanol–water partition coefficient (Wildman–Crippen LogP) is 1.50. The fourth-order valence-electron chi connectivity index (χ4n) is 3.38. The van der Waals surface area contributed by atoms with Gasteiger partial charge in [-0.05, 0) is 44.0 Å². The average molecular weight is 341 g/mol. The molecule has 2 heterocycles. The van der Waals surface area contributed by atoms with Gasteiger partial charge in [-0.25, -0.2) is 4.68 Å². The largest absolute Gasteiger partial charge is 0.497 e. The summed E-state index contributed by atoms with van der Waals surface area (Å²) in [6.45, 7) is 5.34. The number of benzene rings is 1. The highest BCUT2D eigenvalue weighted by Crippen LogP contribution is 2.27. The van der Waals surface area contributed by atoms with Crippen molar-refractivity contribution < 1.29 is 9.53 Å². The Morgan fingerprint density at radius 2 is 1.80 bits per heavy atom. The van der Waals surface area contributed by atoms with Crippen LogP contribution in [0.3, 0.4) is 0 Å². The first-order valence-corrected chi connectivity index (χ1v) is 8.77. The van der Waals surface area contributed by atoms with E-state index in [9.17, 15) is 4.79 Å². The maximum absolute atomic E-state index is 12.8. The normalized spacial score (nSPS) is 18.4. The fraction of sp³-hybridized carbons (Fsp3) is 0.500. The van der Waals surface area contributed by atoms with Crippen molar-refractivity contribution in [2.75, 3.05) is 33.3 Å². The molecule has 1 aromatic carbocycles. The van der Waals surface area contributed by atoms with Crippen LogP contribution in [0.25, 0.3) is 5.69 Å². The molecule has 0 bridgehead atoms. The topological polar surface area (TPSA) is 63.5 Å². The number of carbonyl (C=O) groups is 1. The summed E-state index contributed by atoms with van der Waals surface area (Å²) in [4.78, 5) is 17.2. The molecule has 2 aromatic rings. The van der Waals surface area contributed by atoms with E-state index in [1.807, 2.05) is 36.1 Å². The first-order valence-electron chi connectivity index (χ1n) is 8.77. The highest BCUT2D eigenvalue weighted by Gasteiger charge is 2.33. The molecule has 2 aliphatic rings. The Balaban J connectivity index is 1.49. The molecule has 0 unspecified atom stereocenters. The zero-order valence-electron chi connectivity index (χ0n) is 14.7. The Morgan fingerprint density at radius 1 is 1.12 bits per heavy atom. The maximum Gasteiger partial charge on any atom is 0.276 e. The highest BCUT2D eigenvalue weighted by molar-refractivity contribution is 5.93. The summed E-state index contributed by atoms with van der Waals surface area (Å²) < 4.78 is 6.88. The van der Waals surface area contributed by atoms with E-state index in [2.05, 4.69) is 15.2 Å². The molecule has 4 rings (SSSR count). The van der Waals surface area contributed by atoms with Crippen molar-refractivity contribution in [3.8, 4) is 11.4 Å². The van der Waals surface area contributed by atoms with Crippen molar-refractivity contribution in [3.05, 3.63) is 35.7 Å². The van der Waals surface area contributed by atoms with Crippen LogP contribution >= 0.6 is 0 Å². The first-order chi connectivity index (χ1) is 12.2. The van der Waals surface area contributed by atoms with Crippen molar-refractivity contribution in [2.24, 2.45) is 0 Å². The number of rotatable bonds is 4. The zero-order valence-corrected chi connectivity index (χ0v) is 14.7. The third-order valence-electron chi connectivity index (χ3n) is 5.08. The molecule has 2 fully saturated rings. The highest BCUT2D eigenvalue weighted by atomic mass is 16.5. The summed E-state index contributed by atoms with van der Waals surface area (Å²) >= 11 is 0. The van der Waals surface area contributed by atoms with Crippen molar-refractivity contribution in [1.82, 2.24) is 24.8 Å². The number of methoxy groups -OCH3 is 1. The molecular formula is C18H23N5O2. The Morgan fingerprint density at radius 3 is 2.40 bits per heavy atom. The fourth-order valence-corrected chi connectivity index (χ4v) is 3.38. The van der Waals surface area contributed by atoms with Crippen molar-refractivity contribution in [3.63, 3.8) is 0 Å². The summed E-state index contributed by atoms with van der Waals surface area (Å²) in [5.74, 6) is 0.763. The second kappa shape index (κ2) is 6.48. The van der Waals surface area contributed by atoms with Crippen molar-refractivity contribution in [2.45, 2.75) is 25.8 Å². The number of hydrogen-bond acceptors (Lipinski definition) is 5. The smallest absolute Gasteiger partial charge is 0.276 e. The number of piperazine rings is 1. The molecule has 0 spiro atoms. The number of hydrogen-bond donors (Lipinski definition) is 0. The molecule has 25 heavy (non-hydrogen) atoms. The summed E-state index contributed by atoms with van der Waals surface area (Å²) in [6.07, 6.45) is 2.62. The quantitative estimate of drug-likeness (QED) is 0.843. The molecule has 1 aliphatic heterocycles. The molecule has 7 nitrogen and oxygen atoms in total. The lowest BCUT2D eigenvalue weighted by atomic mass is 10.2. The summed E-state index contributed by atoms with van der Waals surface area (Å²) in [6, 6.07) is 8.31. The van der Waals surface area contributed by atoms with E-state index in [-0.39, 0.29) is 5.91 Å². The van der Waals surface area contributed by atoms with Crippen LogP contribution in [0, 0.1) is 6.92 Å². The van der Waals surface area contributed by atoms with E-state index in [4.69, 9.17) is 4.74 Å². The van der Waals surface area contributed by atoms with Gasteiger partial charge in [-0.15, -0.1) is 5.10 Å². The van der Waals surface area contributed by atoms with Gasteiger partial charge in [-0.2, -0.15) is 0 Å². The second-order valence-corrected chi connectivity index (χ2v) is 6.69. The van der Waals surface area contributed by atoms with Gasteiger partial charge in [-0.3, -0.25) is 9.69 Å². The number of ether oxygens (including phenoxy) is 1. The molecule has 1 amide bonds. The summed E-state index contributed by atoms with van der Waals surface area (Å²) in [5.41, 5.74) is 2.07. The van der Waals surface area contributed by atoms with Crippen LogP contribution in [0.5, 0.6) is 5.75 Å². The van der Waals surface area contributed by atoms with Gasteiger partial charge < -0.3 is 9.64 Å². The minimum absolute atomic E-state index is 0.0206. The van der Waals surface area contributed by atoms with E-state index < -0.39 is 0 Å². The van der Waals surface area contributed by atoms with E-state index in [0.29, 0.717) is 5.69 Å². The van der Waals surface area contributed by atoms with Gasteiger partial charge in [0.1, 0.15) is 5.75 Å². The lowest BCUT2D eigenvalue weighted by Crippen LogP contribution is -2.49. The molecule has 0 atom stereocenters. The van der Waals surface area contributed by atoms with Gasteiger partial charge in [-0.1, -0.05) is 5.21 Å². The number of amides is 1. The SMILES string of the molecule is COc1ccc(-n2nnc(C(=O)N3CCN(C4CC4)CC3)c2C)cc1. The van der Waals surface area contributed by atoms with Crippen LogP contribution in [0.15, 0.2) is 24.3 Å². The van der Waals surface area contributed by atoms with E-state index >= 15 is 0 Å². The summed E-state index contributed by atoms with van der Waals surface area (Å²) in [5, 5.41) is 8.33. The molecule has 1 aromatic heterocycles. The molecule has 0 N–H and O–H groups in total. The molecule has 7 heteroatoms. The van der Waals surface area contributed by atoms with Gasteiger partial charge in [0.25, 0.3) is 5.91 Å². The van der Waals surface area contributed by atoms with Crippen LogP contribution in [0.4, 0.5) is 0 Å². The molecule has 1 saturated carbocycles. The molecular weight excluding hydrogens is 318 g/mol. The van der Waals surface area contributed by atoms with Crippen LogP contribution in [-0.2, 0) is 0 Å².